The van der Waals surface area contributed by atoms with Gasteiger partial charge in [0.05, 0.1) is 11.3 Å². The molecule has 1 atom stereocenters. The van der Waals surface area contributed by atoms with Crippen molar-refractivity contribution in [2.24, 2.45) is 5.10 Å². The van der Waals surface area contributed by atoms with E-state index in [1.54, 1.807) is 12.1 Å². The summed E-state index contributed by atoms with van der Waals surface area (Å²) >= 11 is 0. The highest BCUT2D eigenvalue weighted by molar-refractivity contribution is 7.89. The molecule has 128 valence electrons. The molecule has 1 aromatic rings. The van der Waals surface area contributed by atoms with Crippen molar-refractivity contribution in [3.8, 4) is 0 Å². The maximum absolute atomic E-state index is 12.4. The van der Waals surface area contributed by atoms with Crippen LogP contribution in [-0.4, -0.2) is 62.0 Å². The monoisotopic (exact) mass is 352 g/mol. The molecule has 1 aromatic carbocycles. The molecule has 1 unspecified atom stereocenters. The van der Waals surface area contributed by atoms with E-state index in [1.807, 2.05) is 0 Å². The van der Waals surface area contributed by atoms with Crippen molar-refractivity contribution in [1.82, 2.24) is 14.8 Å². The van der Waals surface area contributed by atoms with E-state index < -0.39 is 27.4 Å². The van der Waals surface area contributed by atoms with Crippen molar-refractivity contribution in [3.63, 3.8) is 0 Å². The normalized spacial score (nSPS) is 24.0. The third-order valence-corrected chi connectivity index (χ3v) is 5.80. The van der Waals surface area contributed by atoms with E-state index in [-0.39, 0.29) is 11.3 Å². The Labute approximate surface area is 138 Å². The first-order chi connectivity index (χ1) is 11.2. The molecule has 1 fully saturated rings. The van der Waals surface area contributed by atoms with Crippen LogP contribution < -0.4 is 5.48 Å². The van der Waals surface area contributed by atoms with Crippen LogP contribution in [0.15, 0.2) is 34.3 Å². The third kappa shape index (κ3) is 2.30. The average molecular weight is 352 g/mol. The lowest BCUT2D eigenvalue weighted by Crippen LogP contribution is -2.53. The molecule has 1 N–H and O–H groups in total. The second-order valence-electron chi connectivity index (χ2n) is 5.75. The zero-order chi connectivity index (χ0) is 17.7. The Morgan fingerprint density at radius 2 is 1.88 bits per heavy atom. The second-order valence-corrected chi connectivity index (χ2v) is 7.90. The summed E-state index contributed by atoms with van der Waals surface area (Å²) in [5.41, 5.74) is 1.95. The van der Waals surface area contributed by atoms with E-state index in [0.29, 0.717) is 11.3 Å². The van der Waals surface area contributed by atoms with Crippen molar-refractivity contribution < 1.29 is 22.8 Å². The standard InChI is InChI=1S/C14H16N4O5S/c1-17(2)24(21,22)10-6-4-9(5-7-10)12-14(8-11(19)23-16-14)13(20)18(3)15-12/h4-7,16H,8H2,1-3H3. The number of amides is 1. The second kappa shape index (κ2) is 5.36. The number of hydrazone groups is 1. The Kier molecular flexibility index (Phi) is 3.70. The van der Waals surface area contributed by atoms with Crippen LogP contribution in [0.1, 0.15) is 12.0 Å². The number of sulfonamides is 1. The minimum Gasteiger partial charge on any atom is -0.369 e. The molecule has 24 heavy (non-hydrogen) atoms. The smallest absolute Gasteiger partial charge is 0.327 e. The molecule has 1 amide bonds. The van der Waals surface area contributed by atoms with E-state index in [0.717, 1.165) is 9.31 Å². The third-order valence-electron chi connectivity index (χ3n) is 3.97. The predicted molar refractivity (Wildman–Crippen MR) is 83.2 cm³/mol. The predicted octanol–water partition coefficient (Wildman–Crippen LogP) is -0.697. The van der Waals surface area contributed by atoms with Gasteiger partial charge in [-0.05, 0) is 12.1 Å². The molecule has 0 aliphatic carbocycles. The lowest BCUT2D eigenvalue weighted by atomic mass is 9.87. The van der Waals surface area contributed by atoms with Gasteiger partial charge < -0.3 is 4.84 Å². The summed E-state index contributed by atoms with van der Waals surface area (Å²) in [4.78, 5) is 28.8. The number of nitrogens with zero attached hydrogens (tertiary/aromatic N) is 3. The Hall–Kier alpha value is -2.30. The van der Waals surface area contributed by atoms with Gasteiger partial charge in [-0.2, -0.15) is 5.10 Å². The van der Waals surface area contributed by atoms with Crippen LogP contribution in [0, 0.1) is 0 Å². The van der Waals surface area contributed by atoms with Crippen LogP contribution in [0.2, 0.25) is 0 Å². The summed E-state index contributed by atoms with van der Waals surface area (Å²) in [6.45, 7) is 0. The SMILES string of the molecule is CN1N=C(c2ccc(S(=O)(=O)N(C)C)cc2)C2(CC(=O)ON2)C1=O. The summed E-state index contributed by atoms with van der Waals surface area (Å²) < 4.78 is 25.3. The molecule has 0 aromatic heterocycles. The number of hydroxylamine groups is 1. The van der Waals surface area contributed by atoms with Crippen LogP contribution in [0.25, 0.3) is 0 Å². The number of benzene rings is 1. The molecule has 2 aliphatic heterocycles. The molecule has 10 heteroatoms. The Bertz CT molecular complexity index is 846. The minimum atomic E-state index is -3.55. The van der Waals surface area contributed by atoms with Crippen molar-refractivity contribution in [3.05, 3.63) is 29.8 Å². The molecular weight excluding hydrogens is 336 g/mol. The van der Waals surface area contributed by atoms with E-state index in [9.17, 15) is 18.0 Å². The largest absolute Gasteiger partial charge is 0.369 e. The topological polar surface area (TPSA) is 108 Å². The van der Waals surface area contributed by atoms with Crippen molar-refractivity contribution in [2.75, 3.05) is 21.1 Å². The fourth-order valence-corrected chi connectivity index (χ4v) is 3.54. The van der Waals surface area contributed by atoms with E-state index >= 15 is 0 Å². The number of hydrogen-bond donors (Lipinski definition) is 1. The molecule has 3 rings (SSSR count). The van der Waals surface area contributed by atoms with Crippen LogP contribution in [0.3, 0.4) is 0 Å². The quantitative estimate of drug-likeness (QED) is 0.771. The number of carbonyl (C=O) groups is 2. The average Bonchev–Trinajstić information content (AvgIpc) is 3.04. The van der Waals surface area contributed by atoms with Gasteiger partial charge in [-0.3, -0.25) is 9.59 Å². The van der Waals surface area contributed by atoms with Gasteiger partial charge in [0.1, 0.15) is 5.71 Å². The van der Waals surface area contributed by atoms with Crippen LogP contribution in [0.4, 0.5) is 0 Å². The fraction of sp³-hybridized carbons (Fsp3) is 0.357. The lowest BCUT2D eigenvalue weighted by Gasteiger charge is -2.20. The summed E-state index contributed by atoms with van der Waals surface area (Å²) in [6.07, 6.45) is -0.174. The molecule has 2 aliphatic rings. The van der Waals surface area contributed by atoms with Gasteiger partial charge in [-0.15, -0.1) is 5.48 Å². The van der Waals surface area contributed by atoms with Crippen molar-refractivity contribution >= 4 is 27.6 Å². The highest BCUT2D eigenvalue weighted by Crippen LogP contribution is 2.31. The van der Waals surface area contributed by atoms with E-state index in [2.05, 4.69) is 10.6 Å². The van der Waals surface area contributed by atoms with Gasteiger partial charge in [-0.1, -0.05) is 12.1 Å². The Morgan fingerprint density at radius 3 is 2.38 bits per heavy atom. The molecule has 2 heterocycles. The first kappa shape index (κ1) is 16.6. The van der Waals surface area contributed by atoms with Gasteiger partial charge in [0, 0.05) is 26.7 Å². The van der Waals surface area contributed by atoms with Crippen LogP contribution >= 0.6 is 0 Å². The fourth-order valence-electron chi connectivity index (χ4n) is 2.64. The maximum atomic E-state index is 12.4. The van der Waals surface area contributed by atoms with Crippen molar-refractivity contribution in [1.29, 1.82) is 0 Å². The Balaban J connectivity index is 2.01. The van der Waals surface area contributed by atoms with Gasteiger partial charge in [0.25, 0.3) is 5.91 Å². The molecule has 0 bridgehead atoms. The van der Waals surface area contributed by atoms with Gasteiger partial charge in [-0.25, -0.2) is 17.7 Å². The molecule has 1 spiro atoms. The Morgan fingerprint density at radius 1 is 1.25 bits per heavy atom. The minimum absolute atomic E-state index is 0.121. The molecule has 0 saturated carbocycles. The zero-order valence-electron chi connectivity index (χ0n) is 13.3. The summed E-state index contributed by atoms with van der Waals surface area (Å²) in [6, 6.07) is 5.96. The van der Waals surface area contributed by atoms with Gasteiger partial charge >= 0.3 is 5.97 Å². The number of hydrogen-bond acceptors (Lipinski definition) is 7. The number of likely N-dealkylation sites (N-methyl/N-ethyl adjacent to an activating group) is 1. The summed E-state index contributed by atoms with van der Waals surface area (Å²) in [7, 11) is 0.811. The number of rotatable bonds is 3. The molecule has 1 saturated heterocycles. The van der Waals surface area contributed by atoms with E-state index in [4.69, 9.17) is 4.84 Å². The van der Waals surface area contributed by atoms with E-state index in [1.165, 1.54) is 33.3 Å². The molecule has 9 nitrogen and oxygen atoms in total. The highest BCUT2D eigenvalue weighted by Gasteiger charge is 2.57. The van der Waals surface area contributed by atoms with Gasteiger partial charge in [0.2, 0.25) is 10.0 Å². The highest BCUT2D eigenvalue weighted by atomic mass is 32.2. The number of carbonyl (C=O) groups excluding carboxylic acids is 2. The maximum Gasteiger partial charge on any atom is 0.327 e. The number of nitrogens with one attached hydrogen (secondary N) is 1. The first-order valence-electron chi connectivity index (χ1n) is 7.05. The van der Waals surface area contributed by atoms with Crippen LogP contribution in [-0.2, 0) is 24.4 Å². The zero-order valence-corrected chi connectivity index (χ0v) is 14.1. The molecule has 0 radical (unpaired) electrons. The van der Waals surface area contributed by atoms with Crippen LogP contribution in [0.5, 0.6) is 0 Å². The first-order valence-corrected chi connectivity index (χ1v) is 8.49. The van der Waals surface area contributed by atoms with Gasteiger partial charge in [0.15, 0.2) is 5.54 Å². The summed E-state index contributed by atoms with van der Waals surface area (Å²) in [5, 5.41) is 5.32. The molecular formula is C14H16N4O5S. The lowest BCUT2D eigenvalue weighted by molar-refractivity contribution is -0.143. The summed E-state index contributed by atoms with van der Waals surface area (Å²) in [5.74, 6) is -0.966. The van der Waals surface area contributed by atoms with Crippen molar-refractivity contribution in [2.45, 2.75) is 16.9 Å².